The van der Waals surface area contributed by atoms with Crippen molar-refractivity contribution in [2.24, 2.45) is 5.84 Å². The number of rotatable bonds is 3. The Labute approximate surface area is 88.9 Å². The third-order valence-corrected chi connectivity index (χ3v) is 2.32. The van der Waals surface area contributed by atoms with Gasteiger partial charge in [-0.2, -0.15) is 0 Å². The molecule has 0 saturated heterocycles. The Balaban J connectivity index is 2.34. The molecule has 0 amide bonds. The quantitative estimate of drug-likeness (QED) is 0.583. The van der Waals surface area contributed by atoms with Crippen LogP contribution in [0.1, 0.15) is 17.2 Å². The van der Waals surface area contributed by atoms with Gasteiger partial charge in [-0.05, 0) is 17.2 Å². The first-order chi connectivity index (χ1) is 7.42. The summed E-state index contributed by atoms with van der Waals surface area (Å²) in [6.45, 7) is 0. The molecule has 1 atom stereocenters. The van der Waals surface area contributed by atoms with Crippen molar-refractivity contribution >= 4 is 0 Å². The van der Waals surface area contributed by atoms with Crippen molar-refractivity contribution in [3.63, 3.8) is 0 Å². The molecule has 0 aliphatic carbocycles. The molecule has 2 aromatic rings. The minimum absolute atomic E-state index is 0.0000926. The fourth-order valence-electron chi connectivity index (χ4n) is 1.58. The largest absolute Gasteiger partial charge is 0.271 e. The molecule has 3 nitrogen and oxygen atoms in total. The Morgan fingerprint density at radius 3 is 2.33 bits per heavy atom. The van der Waals surface area contributed by atoms with Crippen molar-refractivity contribution in [3.8, 4) is 0 Å². The fraction of sp³-hybridized carbons (Fsp3) is 0.0833. The first-order valence-electron chi connectivity index (χ1n) is 4.83. The van der Waals surface area contributed by atoms with Crippen LogP contribution in [0.4, 0.5) is 0 Å². The average Bonchev–Trinajstić information content (AvgIpc) is 2.33. The van der Waals surface area contributed by atoms with Crippen molar-refractivity contribution in [3.05, 3.63) is 66.0 Å². The van der Waals surface area contributed by atoms with Gasteiger partial charge in [-0.1, -0.05) is 36.4 Å². The maximum atomic E-state index is 5.56. The van der Waals surface area contributed by atoms with Gasteiger partial charge in [0.2, 0.25) is 0 Å². The van der Waals surface area contributed by atoms with E-state index in [1.807, 2.05) is 48.7 Å². The van der Waals surface area contributed by atoms with Crippen molar-refractivity contribution in [2.75, 3.05) is 0 Å². The molecule has 0 aliphatic rings. The maximum absolute atomic E-state index is 5.56. The van der Waals surface area contributed by atoms with Crippen molar-refractivity contribution in [2.45, 2.75) is 6.04 Å². The molecule has 0 bridgehead atoms. The highest BCUT2D eigenvalue weighted by Gasteiger charge is 2.10. The number of hydrogen-bond donors (Lipinski definition) is 2. The SMILES string of the molecule is NN[C@@H](c1ccccc1)c1cccnc1. The molecule has 3 heteroatoms. The topological polar surface area (TPSA) is 50.9 Å². The van der Waals surface area contributed by atoms with Gasteiger partial charge < -0.3 is 0 Å². The van der Waals surface area contributed by atoms with Gasteiger partial charge in [0.15, 0.2) is 0 Å². The van der Waals surface area contributed by atoms with E-state index < -0.39 is 0 Å². The second kappa shape index (κ2) is 4.68. The molecule has 2 rings (SSSR count). The predicted octanol–water partition coefficient (Wildman–Crippen LogP) is 1.63. The highest BCUT2D eigenvalue weighted by molar-refractivity contribution is 5.29. The zero-order valence-corrected chi connectivity index (χ0v) is 8.30. The van der Waals surface area contributed by atoms with E-state index in [9.17, 15) is 0 Å². The number of nitrogens with two attached hydrogens (primary N) is 1. The van der Waals surface area contributed by atoms with Gasteiger partial charge in [0.05, 0.1) is 6.04 Å². The van der Waals surface area contributed by atoms with E-state index >= 15 is 0 Å². The zero-order valence-electron chi connectivity index (χ0n) is 8.30. The van der Waals surface area contributed by atoms with E-state index in [1.54, 1.807) is 6.20 Å². The molecule has 1 aromatic carbocycles. The normalized spacial score (nSPS) is 12.3. The van der Waals surface area contributed by atoms with E-state index in [2.05, 4.69) is 10.4 Å². The van der Waals surface area contributed by atoms with Crippen molar-refractivity contribution in [1.82, 2.24) is 10.4 Å². The Bertz CT molecular complexity index is 360. The molecule has 0 aliphatic heterocycles. The predicted molar refractivity (Wildman–Crippen MR) is 59.8 cm³/mol. The van der Waals surface area contributed by atoms with Gasteiger partial charge in [-0.15, -0.1) is 0 Å². The average molecular weight is 199 g/mol. The summed E-state index contributed by atoms with van der Waals surface area (Å²) in [4.78, 5) is 4.08. The third kappa shape index (κ3) is 2.21. The lowest BCUT2D eigenvalue weighted by atomic mass is 10.0. The minimum Gasteiger partial charge on any atom is -0.271 e. The molecule has 0 saturated carbocycles. The Hall–Kier alpha value is -1.71. The fourth-order valence-corrected chi connectivity index (χ4v) is 1.58. The highest BCUT2D eigenvalue weighted by Crippen LogP contribution is 2.19. The van der Waals surface area contributed by atoms with Crippen LogP contribution in [-0.4, -0.2) is 4.98 Å². The maximum Gasteiger partial charge on any atom is 0.0725 e. The summed E-state index contributed by atoms with van der Waals surface area (Å²) in [6.07, 6.45) is 3.57. The molecular weight excluding hydrogens is 186 g/mol. The second-order valence-electron chi connectivity index (χ2n) is 3.30. The van der Waals surface area contributed by atoms with E-state index in [4.69, 9.17) is 5.84 Å². The Kier molecular flexibility index (Phi) is 3.07. The Morgan fingerprint density at radius 1 is 1.00 bits per heavy atom. The van der Waals surface area contributed by atoms with E-state index in [0.29, 0.717) is 0 Å². The van der Waals surface area contributed by atoms with Gasteiger partial charge in [0.25, 0.3) is 0 Å². The monoisotopic (exact) mass is 199 g/mol. The molecule has 1 heterocycles. The smallest absolute Gasteiger partial charge is 0.0725 e. The lowest BCUT2D eigenvalue weighted by Gasteiger charge is -2.15. The summed E-state index contributed by atoms with van der Waals surface area (Å²) in [5, 5.41) is 0. The molecule has 0 radical (unpaired) electrons. The van der Waals surface area contributed by atoms with Crippen LogP contribution in [-0.2, 0) is 0 Å². The number of benzene rings is 1. The first-order valence-corrected chi connectivity index (χ1v) is 4.83. The van der Waals surface area contributed by atoms with Gasteiger partial charge in [0.1, 0.15) is 0 Å². The molecule has 0 spiro atoms. The lowest BCUT2D eigenvalue weighted by Crippen LogP contribution is -2.28. The number of nitrogens with zero attached hydrogens (tertiary/aromatic N) is 1. The van der Waals surface area contributed by atoms with Crippen molar-refractivity contribution < 1.29 is 0 Å². The molecule has 76 valence electrons. The standard InChI is InChI=1S/C12H13N3/c13-15-12(10-5-2-1-3-6-10)11-7-4-8-14-9-11/h1-9,12,15H,13H2/t12-/m0/s1. The van der Waals surface area contributed by atoms with Gasteiger partial charge in [-0.25, -0.2) is 5.43 Å². The van der Waals surface area contributed by atoms with Crippen LogP contribution < -0.4 is 11.3 Å². The van der Waals surface area contributed by atoms with Gasteiger partial charge in [-0.3, -0.25) is 10.8 Å². The van der Waals surface area contributed by atoms with Crippen LogP contribution in [0.2, 0.25) is 0 Å². The van der Waals surface area contributed by atoms with E-state index in [-0.39, 0.29) is 6.04 Å². The molecule has 0 fully saturated rings. The summed E-state index contributed by atoms with van der Waals surface area (Å²) in [5.74, 6) is 5.56. The number of hydrazine groups is 1. The van der Waals surface area contributed by atoms with Gasteiger partial charge >= 0.3 is 0 Å². The summed E-state index contributed by atoms with van der Waals surface area (Å²) in [5.41, 5.74) is 4.99. The number of pyridine rings is 1. The lowest BCUT2D eigenvalue weighted by molar-refractivity contribution is 0.635. The third-order valence-electron chi connectivity index (χ3n) is 2.32. The van der Waals surface area contributed by atoms with Crippen LogP contribution in [0.3, 0.4) is 0 Å². The van der Waals surface area contributed by atoms with Crippen LogP contribution >= 0.6 is 0 Å². The molecule has 15 heavy (non-hydrogen) atoms. The second-order valence-corrected chi connectivity index (χ2v) is 3.30. The highest BCUT2D eigenvalue weighted by atomic mass is 15.2. The molecule has 1 aromatic heterocycles. The van der Waals surface area contributed by atoms with Crippen LogP contribution in [0.25, 0.3) is 0 Å². The Morgan fingerprint density at radius 2 is 1.73 bits per heavy atom. The summed E-state index contributed by atoms with van der Waals surface area (Å²) < 4.78 is 0. The molecule has 0 unspecified atom stereocenters. The van der Waals surface area contributed by atoms with Crippen LogP contribution in [0.5, 0.6) is 0 Å². The number of aromatic nitrogens is 1. The first kappa shape index (κ1) is 9.83. The minimum atomic E-state index is -0.0000926. The van der Waals surface area contributed by atoms with E-state index in [1.165, 1.54) is 0 Å². The van der Waals surface area contributed by atoms with E-state index in [0.717, 1.165) is 11.1 Å². The van der Waals surface area contributed by atoms with Gasteiger partial charge in [0, 0.05) is 12.4 Å². The van der Waals surface area contributed by atoms with Crippen molar-refractivity contribution in [1.29, 1.82) is 0 Å². The summed E-state index contributed by atoms with van der Waals surface area (Å²) in [6, 6.07) is 14.0. The number of nitrogens with one attached hydrogen (secondary N) is 1. The molecular formula is C12H13N3. The zero-order chi connectivity index (χ0) is 10.5. The molecule has 3 N–H and O–H groups in total. The van der Waals surface area contributed by atoms with Crippen LogP contribution in [0, 0.1) is 0 Å². The summed E-state index contributed by atoms with van der Waals surface area (Å²) >= 11 is 0. The number of hydrogen-bond acceptors (Lipinski definition) is 3. The summed E-state index contributed by atoms with van der Waals surface area (Å²) in [7, 11) is 0. The van der Waals surface area contributed by atoms with Crippen LogP contribution in [0.15, 0.2) is 54.9 Å².